The number of fused-ring (bicyclic) bond motifs is 1. The van der Waals surface area contributed by atoms with Crippen LogP contribution >= 0.6 is 11.6 Å². The van der Waals surface area contributed by atoms with E-state index in [1.807, 2.05) is 0 Å². The van der Waals surface area contributed by atoms with Gasteiger partial charge in [0, 0.05) is 24.6 Å². The van der Waals surface area contributed by atoms with E-state index in [1.165, 1.54) is 0 Å². The molecule has 0 unspecified atom stereocenters. The van der Waals surface area contributed by atoms with Gasteiger partial charge in [0.15, 0.2) is 0 Å². The molecule has 2 heterocycles. The normalized spacial score (nSPS) is 15.8. The summed E-state index contributed by atoms with van der Waals surface area (Å²) in [5.74, 6) is 0.639. The molecule has 0 atom stereocenters. The van der Waals surface area contributed by atoms with Gasteiger partial charge in [-0.25, -0.2) is 9.97 Å². The van der Waals surface area contributed by atoms with Crippen LogP contribution in [-0.2, 0) is 12.8 Å². The fourth-order valence-corrected chi connectivity index (χ4v) is 2.11. The Labute approximate surface area is 101 Å². The third-order valence-corrected chi connectivity index (χ3v) is 2.86. The summed E-state index contributed by atoms with van der Waals surface area (Å²) in [7, 11) is 0. The second-order valence-electron chi connectivity index (χ2n) is 4.31. The molecule has 0 radical (unpaired) electrons. The highest BCUT2D eigenvalue weighted by molar-refractivity contribution is 6.30. The van der Waals surface area contributed by atoms with Gasteiger partial charge in [0.25, 0.3) is 0 Å². The molecule has 0 bridgehead atoms. The molecule has 0 aliphatic carbocycles. The van der Waals surface area contributed by atoms with Gasteiger partial charge in [0.05, 0.1) is 5.69 Å². The Morgan fingerprint density at radius 1 is 1.25 bits per heavy atom. The zero-order valence-corrected chi connectivity index (χ0v) is 10.4. The molecule has 88 valence electrons. The SMILES string of the molecule is CC(C)Nc1nc(Cl)c2c(n1)CCNCC2. The topological polar surface area (TPSA) is 49.8 Å². The molecule has 1 aliphatic rings. The van der Waals surface area contributed by atoms with Crippen LogP contribution in [0, 0.1) is 0 Å². The van der Waals surface area contributed by atoms with Crippen molar-refractivity contribution in [2.24, 2.45) is 0 Å². The molecule has 2 N–H and O–H groups in total. The van der Waals surface area contributed by atoms with Gasteiger partial charge < -0.3 is 10.6 Å². The Morgan fingerprint density at radius 3 is 2.75 bits per heavy atom. The molecule has 1 aromatic heterocycles. The molecule has 2 rings (SSSR count). The zero-order valence-electron chi connectivity index (χ0n) is 9.68. The van der Waals surface area contributed by atoms with E-state index >= 15 is 0 Å². The minimum Gasteiger partial charge on any atom is -0.352 e. The molecule has 1 aromatic rings. The van der Waals surface area contributed by atoms with Gasteiger partial charge in [-0.15, -0.1) is 0 Å². The second-order valence-corrected chi connectivity index (χ2v) is 4.67. The molecule has 0 spiro atoms. The number of anilines is 1. The zero-order chi connectivity index (χ0) is 11.5. The van der Waals surface area contributed by atoms with E-state index in [0.717, 1.165) is 37.2 Å². The first-order valence-corrected chi connectivity index (χ1v) is 6.07. The van der Waals surface area contributed by atoms with Gasteiger partial charge >= 0.3 is 0 Å². The van der Waals surface area contributed by atoms with Crippen molar-refractivity contribution in [3.63, 3.8) is 0 Å². The average Bonchev–Trinajstić information content (AvgIpc) is 2.41. The van der Waals surface area contributed by atoms with E-state index < -0.39 is 0 Å². The Bertz CT molecular complexity index is 378. The fourth-order valence-electron chi connectivity index (χ4n) is 1.82. The highest BCUT2D eigenvalue weighted by Crippen LogP contribution is 2.21. The number of nitrogens with zero attached hydrogens (tertiary/aromatic N) is 2. The largest absolute Gasteiger partial charge is 0.352 e. The summed E-state index contributed by atoms with van der Waals surface area (Å²) >= 11 is 6.18. The van der Waals surface area contributed by atoms with E-state index in [0.29, 0.717) is 17.1 Å². The third-order valence-electron chi connectivity index (χ3n) is 2.55. The van der Waals surface area contributed by atoms with Crippen LogP contribution in [-0.4, -0.2) is 29.1 Å². The highest BCUT2D eigenvalue weighted by Gasteiger charge is 2.15. The van der Waals surface area contributed by atoms with Crippen LogP contribution in [0.3, 0.4) is 0 Å². The van der Waals surface area contributed by atoms with Crippen molar-refractivity contribution in [1.82, 2.24) is 15.3 Å². The number of hydrogen-bond donors (Lipinski definition) is 2. The van der Waals surface area contributed by atoms with E-state index in [-0.39, 0.29) is 0 Å². The molecular formula is C11H17ClN4. The molecule has 16 heavy (non-hydrogen) atoms. The van der Waals surface area contributed by atoms with Crippen molar-refractivity contribution in [1.29, 1.82) is 0 Å². The smallest absolute Gasteiger partial charge is 0.224 e. The van der Waals surface area contributed by atoms with E-state index in [4.69, 9.17) is 11.6 Å². The minimum absolute atomic E-state index is 0.318. The number of rotatable bonds is 2. The first-order valence-electron chi connectivity index (χ1n) is 5.69. The Morgan fingerprint density at radius 2 is 2.00 bits per heavy atom. The summed E-state index contributed by atoms with van der Waals surface area (Å²) in [6.07, 6.45) is 1.83. The molecule has 0 amide bonds. The fraction of sp³-hybridized carbons (Fsp3) is 0.636. The van der Waals surface area contributed by atoms with Crippen LogP contribution in [0.1, 0.15) is 25.1 Å². The maximum absolute atomic E-state index is 6.18. The Balaban J connectivity index is 2.32. The minimum atomic E-state index is 0.318. The van der Waals surface area contributed by atoms with E-state index in [2.05, 4.69) is 34.4 Å². The standard InChI is InChI=1S/C11H17ClN4/c1-7(2)14-11-15-9-4-6-13-5-3-8(9)10(12)16-11/h7,13H,3-6H2,1-2H3,(H,14,15,16). The lowest BCUT2D eigenvalue weighted by atomic mass is 10.1. The number of halogens is 1. The van der Waals surface area contributed by atoms with Gasteiger partial charge in [-0.05, 0) is 26.8 Å². The predicted octanol–water partition coefficient (Wildman–Crippen LogP) is 1.64. The van der Waals surface area contributed by atoms with Crippen molar-refractivity contribution >= 4 is 17.5 Å². The lowest BCUT2D eigenvalue weighted by molar-refractivity contribution is 0.708. The molecule has 4 nitrogen and oxygen atoms in total. The monoisotopic (exact) mass is 240 g/mol. The summed E-state index contributed by atoms with van der Waals surface area (Å²) in [5, 5.41) is 7.12. The quantitative estimate of drug-likeness (QED) is 0.772. The van der Waals surface area contributed by atoms with Gasteiger partial charge in [-0.1, -0.05) is 11.6 Å². The van der Waals surface area contributed by atoms with Crippen molar-refractivity contribution in [3.05, 3.63) is 16.4 Å². The van der Waals surface area contributed by atoms with Crippen molar-refractivity contribution in [2.45, 2.75) is 32.7 Å². The molecular weight excluding hydrogens is 224 g/mol. The molecule has 0 aromatic carbocycles. The third kappa shape index (κ3) is 2.62. The number of hydrogen-bond acceptors (Lipinski definition) is 4. The summed E-state index contributed by atoms with van der Waals surface area (Å²) in [6, 6.07) is 0.318. The van der Waals surface area contributed by atoms with Gasteiger partial charge in [-0.3, -0.25) is 0 Å². The molecule has 1 aliphatic heterocycles. The first kappa shape index (κ1) is 11.6. The Kier molecular flexibility index (Phi) is 3.61. The average molecular weight is 241 g/mol. The van der Waals surface area contributed by atoms with Crippen molar-refractivity contribution in [2.75, 3.05) is 18.4 Å². The van der Waals surface area contributed by atoms with Gasteiger partial charge in [-0.2, -0.15) is 0 Å². The Hall–Kier alpha value is -0.870. The highest BCUT2D eigenvalue weighted by atomic mass is 35.5. The van der Waals surface area contributed by atoms with E-state index in [9.17, 15) is 0 Å². The number of nitrogens with one attached hydrogen (secondary N) is 2. The van der Waals surface area contributed by atoms with Crippen LogP contribution in [0.25, 0.3) is 0 Å². The predicted molar refractivity (Wildman–Crippen MR) is 66.1 cm³/mol. The maximum Gasteiger partial charge on any atom is 0.224 e. The van der Waals surface area contributed by atoms with Gasteiger partial charge in [0.1, 0.15) is 5.15 Å². The molecule has 0 saturated heterocycles. The summed E-state index contributed by atoms with van der Waals surface area (Å²) < 4.78 is 0. The van der Waals surface area contributed by atoms with Crippen LogP contribution in [0.15, 0.2) is 0 Å². The lowest BCUT2D eigenvalue weighted by Gasteiger charge is -2.12. The first-order chi connectivity index (χ1) is 7.66. The lowest BCUT2D eigenvalue weighted by Crippen LogP contribution is -2.16. The van der Waals surface area contributed by atoms with Crippen LogP contribution < -0.4 is 10.6 Å². The van der Waals surface area contributed by atoms with Crippen LogP contribution in [0.4, 0.5) is 5.95 Å². The van der Waals surface area contributed by atoms with Crippen molar-refractivity contribution in [3.8, 4) is 0 Å². The van der Waals surface area contributed by atoms with Crippen LogP contribution in [0.5, 0.6) is 0 Å². The molecule has 0 fully saturated rings. The van der Waals surface area contributed by atoms with E-state index in [1.54, 1.807) is 0 Å². The summed E-state index contributed by atoms with van der Waals surface area (Å²) in [6.45, 7) is 6.03. The van der Waals surface area contributed by atoms with Crippen LogP contribution in [0.2, 0.25) is 5.15 Å². The summed E-state index contributed by atoms with van der Waals surface area (Å²) in [5.41, 5.74) is 2.18. The summed E-state index contributed by atoms with van der Waals surface area (Å²) in [4.78, 5) is 8.81. The van der Waals surface area contributed by atoms with Gasteiger partial charge in [0.2, 0.25) is 5.95 Å². The number of aromatic nitrogens is 2. The second kappa shape index (κ2) is 4.97. The van der Waals surface area contributed by atoms with Crippen molar-refractivity contribution < 1.29 is 0 Å². The maximum atomic E-state index is 6.18. The molecule has 0 saturated carbocycles. The molecule has 5 heteroatoms.